The number of benzene rings is 1. The molecule has 0 amide bonds. The van der Waals surface area contributed by atoms with Gasteiger partial charge in [-0.25, -0.2) is 0 Å². The molecule has 2 N–H and O–H groups in total. The molecule has 0 bridgehead atoms. The summed E-state index contributed by atoms with van der Waals surface area (Å²) < 4.78 is 0. The number of hydrogen-bond acceptors (Lipinski definition) is 1. The first-order chi connectivity index (χ1) is 6.16. The third-order valence-corrected chi connectivity index (χ3v) is 3.15. The van der Waals surface area contributed by atoms with Gasteiger partial charge >= 0.3 is 0 Å². The second-order valence-corrected chi connectivity index (χ2v) is 4.44. The van der Waals surface area contributed by atoms with Gasteiger partial charge < -0.3 is 5.73 Å². The van der Waals surface area contributed by atoms with E-state index in [-0.39, 0.29) is 0 Å². The van der Waals surface area contributed by atoms with E-state index in [2.05, 4.69) is 0 Å². The van der Waals surface area contributed by atoms with Gasteiger partial charge in [-0.05, 0) is 42.5 Å². The SMILES string of the molecule is NC1CC(c2cc(Cl)ccc2Cl)C1. The number of hydrogen-bond donors (Lipinski definition) is 1. The van der Waals surface area contributed by atoms with Crippen molar-refractivity contribution in [2.24, 2.45) is 5.73 Å². The summed E-state index contributed by atoms with van der Waals surface area (Å²) >= 11 is 11.9. The Bertz CT molecular complexity index is 319. The molecule has 1 aliphatic rings. The quantitative estimate of drug-likeness (QED) is 0.766. The lowest BCUT2D eigenvalue weighted by molar-refractivity contribution is 0.351. The lowest BCUT2D eigenvalue weighted by Gasteiger charge is -2.33. The van der Waals surface area contributed by atoms with Gasteiger partial charge in [0.25, 0.3) is 0 Å². The van der Waals surface area contributed by atoms with Crippen LogP contribution >= 0.6 is 23.2 Å². The Balaban J connectivity index is 2.24. The van der Waals surface area contributed by atoms with Gasteiger partial charge in [0.05, 0.1) is 0 Å². The molecule has 0 radical (unpaired) electrons. The molecule has 0 heterocycles. The number of rotatable bonds is 1. The van der Waals surface area contributed by atoms with Gasteiger partial charge in [-0.15, -0.1) is 0 Å². The van der Waals surface area contributed by atoms with Gasteiger partial charge in [0.1, 0.15) is 0 Å². The molecule has 1 nitrogen and oxygen atoms in total. The van der Waals surface area contributed by atoms with Crippen LogP contribution in [0.4, 0.5) is 0 Å². The minimum absolute atomic E-state index is 0.347. The maximum atomic E-state index is 6.05. The van der Waals surface area contributed by atoms with E-state index in [0.29, 0.717) is 12.0 Å². The normalized spacial score (nSPS) is 27.0. The molecule has 13 heavy (non-hydrogen) atoms. The molecule has 0 atom stereocenters. The summed E-state index contributed by atoms with van der Waals surface area (Å²) in [5.74, 6) is 0.515. The van der Waals surface area contributed by atoms with Crippen LogP contribution < -0.4 is 5.73 Å². The lowest BCUT2D eigenvalue weighted by Crippen LogP contribution is -2.34. The van der Waals surface area contributed by atoms with E-state index >= 15 is 0 Å². The summed E-state index contributed by atoms with van der Waals surface area (Å²) in [6.45, 7) is 0. The first-order valence-electron chi connectivity index (χ1n) is 4.37. The molecule has 0 unspecified atom stereocenters. The van der Waals surface area contributed by atoms with Gasteiger partial charge in [0.2, 0.25) is 0 Å². The summed E-state index contributed by atoms with van der Waals surface area (Å²) in [6, 6.07) is 5.95. The van der Waals surface area contributed by atoms with Crippen molar-refractivity contribution in [3.05, 3.63) is 33.8 Å². The molecule has 1 aliphatic carbocycles. The van der Waals surface area contributed by atoms with E-state index in [1.807, 2.05) is 18.2 Å². The lowest BCUT2D eigenvalue weighted by atomic mass is 9.76. The van der Waals surface area contributed by atoms with Crippen molar-refractivity contribution in [3.8, 4) is 0 Å². The van der Waals surface area contributed by atoms with Crippen LogP contribution in [0, 0.1) is 0 Å². The van der Waals surface area contributed by atoms with Crippen LogP contribution in [0.15, 0.2) is 18.2 Å². The average Bonchev–Trinajstić information content (AvgIpc) is 2.04. The van der Waals surface area contributed by atoms with Crippen molar-refractivity contribution in [3.63, 3.8) is 0 Å². The van der Waals surface area contributed by atoms with Crippen molar-refractivity contribution >= 4 is 23.2 Å². The van der Waals surface area contributed by atoms with Crippen LogP contribution in [0.5, 0.6) is 0 Å². The Labute approximate surface area is 87.8 Å². The van der Waals surface area contributed by atoms with E-state index < -0.39 is 0 Å². The third-order valence-electron chi connectivity index (χ3n) is 2.57. The van der Waals surface area contributed by atoms with Crippen molar-refractivity contribution < 1.29 is 0 Å². The molecular formula is C10H11Cl2N. The molecule has 1 aromatic carbocycles. The summed E-state index contributed by atoms with van der Waals surface area (Å²) in [5, 5.41) is 1.56. The van der Waals surface area contributed by atoms with Crippen LogP contribution in [0.3, 0.4) is 0 Å². The maximum absolute atomic E-state index is 6.05. The second-order valence-electron chi connectivity index (χ2n) is 3.59. The maximum Gasteiger partial charge on any atom is 0.0441 e. The van der Waals surface area contributed by atoms with Crippen LogP contribution in [0.1, 0.15) is 24.3 Å². The summed E-state index contributed by atoms with van der Waals surface area (Å²) in [5.41, 5.74) is 6.87. The molecule has 1 aromatic rings. The zero-order chi connectivity index (χ0) is 9.42. The van der Waals surface area contributed by atoms with Crippen LogP contribution in [-0.4, -0.2) is 6.04 Å². The van der Waals surface area contributed by atoms with Gasteiger partial charge in [0.15, 0.2) is 0 Å². The first-order valence-corrected chi connectivity index (χ1v) is 5.13. The fraction of sp³-hybridized carbons (Fsp3) is 0.400. The van der Waals surface area contributed by atoms with E-state index in [1.54, 1.807) is 0 Å². The molecule has 1 fully saturated rings. The highest BCUT2D eigenvalue weighted by Gasteiger charge is 2.28. The topological polar surface area (TPSA) is 26.0 Å². The fourth-order valence-corrected chi connectivity index (χ4v) is 2.20. The minimum atomic E-state index is 0.347. The molecule has 0 aliphatic heterocycles. The largest absolute Gasteiger partial charge is 0.328 e. The Morgan fingerprint density at radius 1 is 1.23 bits per heavy atom. The summed E-state index contributed by atoms with van der Waals surface area (Å²) in [4.78, 5) is 0. The first kappa shape index (κ1) is 9.32. The van der Waals surface area contributed by atoms with E-state index in [0.717, 1.165) is 28.5 Å². The molecule has 2 rings (SSSR count). The standard InChI is InChI=1S/C10H11Cl2N/c11-7-1-2-10(12)9(5-7)6-3-8(13)4-6/h1-2,5-6,8H,3-4,13H2. The molecule has 3 heteroatoms. The minimum Gasteiger partial charge on any atom is -0.328 e. The smallest absolute Gasteiger partial charge is 0.0441 e. The van der Waals surface area contributed by atoms with Crippen molar-refractivity contribution in [2.45, 2.75) is 24.8 Å². The predicted molar refractivity (Wildman–Crippen MR) is 56.4 cm³/mol. The summed E-state index contributed by atoms with van der Waals surface area (Å²) in [7, 11) is 0. The van der Waals surface area contributed by atoms with Crippen LogP contribution in [0.25, 0.3) is 0 Å². The van der Waals surface area contributed by atoms with Crippen molar-refractivity contribution in [1.29, 1.82) is 0 Å². The van der Waals surface area contributed by atoms with Crippen LogP contribution in [-0.2, 0) is 0 Å². The Morgan fingerprint density at radius 2 is 1.92 bits per heavy atom. The average molecular weight is 216 g/mol. The van der Waals surface area contributed by atoms with Gasteiger partial charge in [-0.1, -0.05) is 23.2 Å². The Hall–Kier alpha value is -0.240. The van der Waals surface area contributed by atoms with E-state index in [9.17, 15) is 0 Å². The van der Waals surface area contributed by atoms with Gasteiger partial charge in [-0.2, -0.15) is 0 Å². The highest BCUT2D eigenvalue weighted by Crippen LogP contribution is 2.39. The second kappa shape index (κ2) is 3.49. The zero-order valence-corrected chi connectivity index (χ0v) is 8.65. The van der Waals surface area contributed by atoms with Crippen LogP contribution in [0.2, 0.25) is 10.0 Å². The summed E-state index contributed by atoms with van der Waals surface area (Å²) in [6.07, 6.45) is 2.06. The van der Waals surface area contributed by atoms with Crippen molar-refractivity contribution in [2.75, 3.05) is 0 Å². The van der Waals surface area contributed by atoms with Crippen molar-refractivity contribution in [1.82, 2.24) is 0 Å². The highest BCUT2D eigenvalue weighted by atomic mass is 35.5. The third kappa shape index (κ3) is 1.83. The molecule has 0 saturated heterocycles. The number of nitrogens with two attached hydrogens (primary N) is 1. The molecular weight excluding hydrogens is 205 g/mol. The molecule has 0 spiro atoms. The monoisotopic (exact) mass is 215 g/mol. The highest BCUT2D eigenvalue weighted by molar-refractivity contribution is 6.33. The molecule has 0 aromatic heterocycles. The fourth-order valence-electron chi connectivity index (χ4n) is 1.74. The van der Waals surface area contributed by atoms with E-state index in [4.69, 9.17) is 28.9 Å². The van der Waals surface area contributed by atoms with Gasteiger partial charge in [-0.3, -0.25) is 0 Å². The Kier molecular flexibility index (Phi) is 2.50. The zero-order valence-electron chi connectivity index (χ0n) is 7.13. The number of halogens is 2. The van der Waals surface area contributed by atoms with Gasteiger partial charge in [0, 0.05) is 16.1 Å². The van der Waals surface area contributed by atoms with E-state index in [1.165, 1.54) is 0 Å². The predicted octanol–water partition coefficient (Wildman–Crippen LogP) is 3.20. The Morgan fingerprint density at radius 3 is 2.54 bits per heavy atom. The molecule has 70 valence electrons. The molecule has 1 saturated carbocycles.